The first-order valence-electron chi connectivity index (χ1n) is 5.88. The molecule has 0 aliphatic rings. The van der Waals surface area contributed by atoms with Crippen LogP contribution in [0.5, 0.6) is 0 Å². The zero-order valence-electron chi connectivity index (χ0n) is 10.1. The molecule has 0 radical (unpaired) electrons. The van der Waals surface area contributed by atoms with Crippen molar-refractivity contribution in [2.24, 2.45) is 0 Å². The van der Waals surface area contributed by atoms with E-state index in [0.717, 1.165) is 30.8 Å². The molecule has 2 rings (SSSR count). The lowest BCUT2D eigenvalue weighted by Gasteiger charge is -2.03. The third-order valence-corrected chi connectivity index (χ3v) is 2.65. The SMILES string of the molecule is Cc1nc(N)cc(CCCc2ccccc2)n1. The highest BCUT2D eigenvalue weighted by Crippen LogP contribution is 2.08. The van der Waals surface area contributed by atoms with E-state index < -0.39 is 0 Å². The number of aryl methyl sites for hydroxylation is 3. The van der Waals surface area contributed by atoms with Crippen LogP contribution in [0.1, 0.15) is 23.5 Å². The van der Waals surface area contributed by atoms with Crippen LogP contribution in [0.3, 0.4) is 0 Å². The van der Waals surface area contributed by atoms with Crippen LogP contribution in [0.2, 0.25) is 0 Å². The number of aromatic nitrogens is 2. The Labute approximate surface area is 102 Å². The second-order valence-electron chi connectivity index (χ2n) is 4.17. The van der Waals surface area contributed by atoms with Gasteiger partial charge in [0.1, 0.15) is 11.6 Å². The van der Waals surface area contributed by atoms with Crippen molar-refractivity contribution in [3.05, 3.63) is 53.5 Å². The first-order valence-corrected chi connectivity index (χ1v) is 5.88. The van der Waals surface area contributed by atoms with Gasteiger partial charge in [0.15, 0.2) is 0 Å². The summed E-state index contributed by atoms with van der Waals surface area (Å²) in [6, 6.07) is 12.3. The van der Waals surface area contributed by atoms with E-state index in [-0.39, 0.29) is 0 Å². The number of anilines is 1. The van der Waals surface area contributed by atoms with Gasteiger partial charge in [-0.2, -0.15) is 0 Å². The number of benzene rings is 1. The molecule has 0 fully saturated rings. The van der Waals surface area contributed by atoms with E-state index in [4.69, 9.17) is 5.73 Å². The lowest BCUT2D eigenvalue weighted by atomic mass is 10.1. The molecule has 1 heterocycles. The van der Waals surface area contributed by atoms with E-state index in [1.54, 1.807) is 0 Å². The van der Waals surface area contributed by atoms with Crippen molar-refractivity contribution >= 4 is 5.82 Å². The molecule has 17 heavy (non-hydrogen) atoms. The summed E-state index contributed by atoms with van der Waals surface area (Å²) in [6.07, 6.45) is 3.10. The Morgan fingerprint density at radius 2 is 1.82 bits per heavy atom. The van der Waals surface area contributed by atoms with Gasteiger partial charge in [0.2, 0.25) is 0 Å². The van der Waals surface area contributed by atoms with Gasteiger partial charge in [-0.25, -0.2) is 9.97 Å². The van der Waals surface area contributed by atoms with E-state index in [1.165, 1.54) is 5.56 Å². The van der Waals surface area contributed by atoms with Crippen LogP contribution in [-0.4, -0.2) is 9.97 Å². The molecule has 1 aromatic carbocycles. The molecule has 0 amide bonds. The van der Waals surface area contributed by atoms with Gasteiger partial charge in [0.05, 0.1) is 0 Å². The van der Waals surface area contributed by atoms with Crippen molar-refractivity contribution in [2.75, 3.05) is 5.73 Å². The molecule has 0 atom stereocenters. The molecular formula is C14H17N3. The van der Waals surface area contributed by atoms with E-state index in [0.29, 0.717) is 5.82 Å². The van der Waals surface area contributed by atoms with Gasteiger partial charge < -0.3 is 5.73 Å². The molecule has 88 valence electrons. The molecular weight excluding hydrogens is 210 g/mol. The van der Waals surface area contributed by atoms with E-state index >= 15 is 0 Å². The van der Waals surface area contributed by atoms with Crippen LogP contribution in [-0.2, 0) is 12.8 Å². The number of nitrogens with two attached hydrogens (primary N) is 1. The van der Waals surface area contributed by atoms with Gasteiger partial charge in [-0.1, -0.05) is 30.3 Å². The number of hydrogen-bond acceptors (Lipinski definition) is 3. The summed E-state index contributed by atoms with van der Waals surface area (Å²) in [7, 11) is 0. The van der Waals surface area contributed by atoms with Crippen molar-refractivity contribution in [2.45, 2.75) is 26.2 Å². The minimum absolute atomic E-state index is 0.562. The maximum atomic E-state index is 5.69. The predicted molar refractivity (Wildman–Crippen MR) is 69.6 cm³/mol. The molecule has 2 aromatic rings. The summed E-state index contributed by atoms with van der Waals surface area (Å²) < 4.78 is 0. The Bertz CT molecular complexity index is 460. The summed E-state index contributed by atoms with van der Waals surface area (Å²) in [5.41, 5.74) is 8.09. The van der Waals surface area contributed by atoms with Crippen molar-refractivity contribution in [3.63, 3.8) is 0 Å². The summed E-state index contributed by atoms with van der Waals surface area (Å²) in [6.45, 7) is 1.87. The second-order valence-corrected chi connectivity index (χ2v) is 4.17. The molecule has 0 spiro atoms. The molecule has 2 N–H and O–H groups in total. The topological polar surface area (TPSA) is 51.8 Å². The zero-order valence-corrected chi connectivity index (χ0v) is 10.1. The van der Waals surface area contributed by atoms with Crippen LogP contribution in [0.4, 0.5) is 5.82 Å². The Morgan fingerprint density at radius 1 is 1.06 bits per heavy atom. The van der Waals surface area contributed by atoms with Crippen molar-refractivity contribution in [3.8, 4) is 0 Å². The standard InChI is InChI=1S/C14H17N3/c1-11-16-13(10-14(15)17-11)9-5-8-12-6-3-2-4-7-12/h2-4,6-7,10H,5,8-9H2,1H3,(H2,15,16,17). The molecule has 3 nitrogen and oxygen atoms in total. The van der Waals surface area contributed by atoms with Crippen LogP contribution >= 0.6 is 0 Å². The van der Waals surface area contributed by atoms with Gasteiger partial charge in [0, 0.05) is 11.8 Å². The molecule has 0 bridgehead atoms. The fourth-order valence-corrected chi connectivity index (χ4v) is 1.90. The van der Waals surface area contributed by atoms with Crippen LogP contribution < -0.4 is 5.73 Å². The molecule has 0 aliphatic carbocycles. The van der Waals surface area contributed by atoms with Crippen LogP contribution in [0.25, 0.3) is 0 Å². The highest BCUT2D eigenvalue weighted by atomic mass is 14.9. The molecule has 1 aromatic heterocycles. The summed E-state index contributed by atoms with van der Waals surface area (Å²) in [5.74, 6) is 1.31. The average molecular weight is 227 g/mol. The van der Waals surface area contributed by atoms with Gasteiger partial charge in [-0.15, -0.1) is 0 Å². The van der Waals surface area contributed by atoms with Gasteiger partial charge >= 0.3 is 0 Å². The largest absolute Gasteiger partial charge is 0.384 e. The highest BCUT2D eigenvalue weighted by Gasteiger charge is 2.00. The Kier molecular flexibility index (Phi) is 3.70. The van der Waals surface area contributed by atoms with Crippen molar-refractivity contribution in [1.29, 1.82) is 0 Å². The molecule has 0 unspecified atom stereocenters. The molecule has 3 heteroatoms. The van der Waals surface area contributed by atoms with Gasteiger partial charge in [-0.3, -0.25) is 0 Å². The maximum absolute atomic E-state index is 5.69. The lowest BCUT2D eigenvalue weighted by molar-refractivity contribution is 0.789. The fourth-order valence-electron chi connectivity index (χ4n) is 1.90. The van der Waals surface area contributed by atoms with Crippen molar-refractivity contribution < 1.29 is 0 Å². The molecule has 0 saturated carbocycles. The first kappa shape index (κ1) is 11.6. The van der Waals surface area contributed by atoms with E-state index in [9.17, 15) is 0 Å². The predicted octanol–water partition coefficient (Wildman–Crippen LogP) is 2.54. The number of nitrogens with zero attached hydrogens (tertiary/aromatic N) is 2. The fraction of sp³-hybridized carbons (Fsp3) is 0.286. The maximum Gasteiger partial charge on any atom is 0.127 e. The minimum Gasteiger partial charge on any atom is -0.384 e. The minimum atomic E-state index is 0.562. The van der Waals surface area contributed by atoms with Crippen molar-refractivity contribution in [1.82, 2.24) is 9.97 Å². The molecule has 0 saturated heterocycles. The van der Waals surface area contributed by atoms with Crippen LogP contribution in [0.15, 0.2) is 36.4 Å². The summed E-state index contributed by atoms with van der Waals surface area (Å²) >= 11 is 0. The van der Waals surface area contributed by atoms with E-state index in [1.807, 2.05) is 19.1 Å². The normalized spacial score (nSPS) is 10.4. The quantitative estimate of drug-likeness (QED) is 0.873. The van der Waals surface area contributed by atoms with Crippen LogP contribution in [0, 0.1) is 6.92 Å². The Hall–Kier alpha value is -1.90. The van der Waals surface area contributed by atoms with E-state index in [2.05, 4.69) is 34.2 Å². The highest BCUT2D eigenvalue weighted by molar-refractivity contribution is 5.29. The Balaban J connectivity index is 1.90. The first-order chi connectivity index (χ1) is 8.24. The zero-order chi connectivity index (χ0) is 12.1. The number of nitrogen functional groups attached to an aromatic ring is 1. The number of hydrogen-bond donors (Lipinski definition) is 1. The molecule has 0 aliphatic heterocycles. The number of rotatable bonds is 4. The van der Waals surface area contributed by atoms with Gasteiger partial charge in [0.25, 0.3) is 0 Å². The summed E-state index contributed by atoms with van der Waals surface area (Å²) in [5, 5.41) is 0. The van der Waals surface area contributed by atoms with Gasteiger partial charge in [-0.05, 0) is 31.7 Å². The third-order valence-electron chi connectivity index (χ3n) is 2.65. The second kappa shape index (κ2) is 5.43. The summed E-state index contributed by atoms with van der Waals surface area (Å²) in [4.78, 5) is 8.44. The lowest BCUT2D eigenvalue weighted by Crippen LogP contribution is -2.00. The monoisotopic (exact) mass is 227 g/mol. The Morgan fingerprint density at radius 3 is 2.53 bits per heavy atom. The third kappa shape index (κ3) is 3.55. The average Bonchev–Trinajstić information content (AvgIpc) is 2.29. The smallest absolute Gasteiger partial charge is 0.127 e.